The molecule has 1 aliphatic carbocycles. The summed E-state index contributed by atoms with van der Waals surface area (Å²) in [4.78, 5) is 4.35. The monoisotopic (exact) mass is 262 g/mol. The van der Waals surface area contributed by atoms with E-state index in [2.05, 4.69) is 23.3 Å². The Hall–Kier alpha value is -1.09. The van der Waals surface area contributed by atoms with E-state index in [0.29, 0.717) is 12.5 Å². The van der Waals surface area contributed by atoms with Gasteiger partial charge in [-0.15, -0.1) is 0 Å². The average Bonchev–Trinajstić information content (AvgIpc) is 2.46. The van der Waals surface area contributed by atoms with Crippen LogP contribution in [-0.4, -0.2) is 24.7 Å². The van der Waals surface area contributed by atoms with E-state index in [1.807, 2.05) is 19.3 Å². The summed E-state index contributed by atoms with van der Waals surface area (Å²) in [5.74, 6) is 2.29. The number of hydrogen-bond acceptors (Lipinski definition) is 3. The lowest BCUT2D eigenvalue weighted by Crippen LogP contribution is -2.29. The van der Waals surface area contributed by atoms with Crippen molar-refractivity contribution in [1.29, 1.82) is 0 Å². The van der Waals surface area contributed by atoms with Gasteiger partial charge in [0.1, 0.15) is 5.75 Å². The predicted molar refractivity (Wildman–Crippen MR) is 78.6 cm³/mol. The SMILES string of the molecule is CCNCC1CCCCC1c1cncc(OCC)c1. The van der Waals surface area contributed by atoms with Crippen LogP contribution in [0.4, 0.5) is 0 Å². The summed E-state index contributed by atoms with van der Waals surface area (Å²) in [7, 11) is 0. The van der Waals surface area contributed by atoms with Crippen LogP contribution in [-0.2, 0) is 0 Å². The fraction of sp³-hybridized carbons (Fsp3) is 0.688. The van der Waals surface area contributed by atoms with Crippen molar-refractivity contribution in [3.8, 4) is 5.75 Å². The number of nitrogens with one attached hydrogen (secondary N) is 1. The third-order valence-corrected chi connectivity index (χ3v) is 4.04. The van der Waals surface area contributed by atoms with Crippen LogP contribution in [0.1, 0.15) is 51.0 Å². The molecule has 2 rings (SSSR count). The first-order valence-corrected chi connectivity index (χ1v) is 7.63. The second kappa shape index (κ2) is 7.49. The number of aromatic nitrogens is 1. The molecule has 106 valence electrons. The highest BCUT2D eigenvalue weighted by Gasteiger charge is 2.26. The van der Waals surface area contributed by atoms with Crippen LogP contribution in [0.5, 0.6) is 5.75 Å². The molecule has 2 atom stereocenters. The van der Waals surface area contributed by atoms with Gasteiger partial charge in [0.2, 0.25) is 0 Å². The lowest BCUT2D eigenvalue weighted by molar-refractivity contribution is 0.294. The molecule has 3 nitrogen and oxygen atoms in total. The second-order valence-electron chi connectivity index (χ2n) is 5.35. The van der Waals surface area contributed by atoms with Gasteiger partial charge in [0.15, 0.2) is 0 Å². The molecule has 0 radical (unpaired) electrons. The molecule has 1 aromatic rings. The lowest BCUT2D eigenvalue weighted by Gasteiger charge is -2.32. The largest absolute Gasteiger partial charge is 0.492 e. The molecule has 0 aliphatic heterocycles. The number of pyridine rings is 1. The van der Waals surface area contributed by atoms with Crippen molar-refractivity contribution in [2.75, 3.05) is 19.7 Å². The topological polar surface area (TPSA) is 34.2 Å². The molecule has 19 heavy (non-hydrogen) atoms. The normalized spacial score (nSPS) is 23.3. The molecule has 0 aromatic carbocycles. The lowest BCUT2D eigenvalue weighted by atomic mass is 9.76. The van der Waals surface area contributed by atoms with Gasteiger partial charge >= 0.3 is 0 Å². The quantitative estimate of drug-likeness (QED) is 0.853. The first-order valence-electron chi connectivity index (χ1n) is 7.63. The zero-order valence-electron chi connectivity index (χ0n) is 12.2. The number of ether oxygens (including phenoxy) is 1. The Morgan fingerprint density at radius 3 is 2.89 bits per heavy atom. The smallest absolute Gasteiger partial charge is 0.137 e. The maximum absolute atomic E-state index is 5.58. The fourth-order valence-electron chi connectivity index (χ4n) is 3.10. The van der Waals surface area contributed by atoms with Crippen LogP contribution >= 0.6 is 0 Å². The molecule has 1 fully saturated rings. The molecule has 1 saturated carbocycles. The highest BCUT2D eigenvalue weighted by atomic mass is 16.5. The molecular weight excluding hydrogens is 236 g/mol. The van der Waals surface area contributed by atoms with E-state index < -0.39 is 0 Å². The second-order valence-corrected chi connectivity index (χ2v) is 5.35. The van der Waals surface area contributed by atoms with Crippen molar-refractivity contribution in [2.45, 2.75) is 45.4 Å². The van der Waals surface area contributed by atoms with Crippen molar-refractivity contribution in [3.63, 3.8) is 0 Å². The molecule has 1 heterocycles. The number of hydrogen-bond donors (Lipinski definition) is 1. The van der Waals surface area contributed by atoms with E-state index in [0.717, 1.165) is 24.8 Å². The van der Waals surface area contributed by atoms with E-state index in [-0.39, 0.29) is 0 Å². The van der Waals surface area contributed by atoms with Crippen LogP contribution in [0.3, 0.4) is 0 Å². The highest BCUT2D eigenvalue weighted by Crippen LogP contribution is 2.38. The van der Waals surface area contributed by atoms with Gasteiger partial charge in [-0.25, -0.2) is 0 Å². The van der Waals surface area contributed by atoms with E-state index in [4.69, 9.17) is 4.74 Å². The van der Waals surface area contributed by atoms with Crippen LogP contribution in [0.25, 0.3) is 0 Å². The Morgan fingerprint density at radius 2 is 2.11 bits per heavy atom. The zero-order chi connectivity index (χ0) is 13.5. The Bertz CT molecular complexity index is 381. The molecule has 2 unspecified atom stereocenters. The van der Waals surface area contributed by atoms with Crippen molar-refractivity contribution in [3.05, 3.63) is 24.0 Å². The van der Waals surface area contributed by atoms with Crippen LogP contribution in [0.2, 0.25) is 0 Å². The molecule has 1 aromatic heterocycles. The average molecular weight is 262 g/mol. The van der Waals surface area contributed by atoms with Gasteiger partial charge in [0, 0.05) is 6.20 Å². The van der Waals surface area contributed by atoms with Crippen LogP contribution < -0.4 is 10.1 Å². The van der Waals surface area contributed by atoms with E-state index >= 15 is 0 Å². The van der Waals surface area contributed by atoms with Gasteiger partial charge in [-0.05, 0) is 56.3 Å². The predicted octanol–water partition coefficient (Wildman–Crippen LogP) is 3.36. The van der Waals surface area contributed by atoms with Gasteiger partial charge < -0.3 is 10.1 Å². The van der Waals surface area contributed by atoms with Crippen molar-refractivity contribution >= 4 is 0 Å². The summed E-state index contributed by atoms with van der Waals surface area (Å²) in [6.45, 7) is 7.08. The molecule has 0 spiro atoms. The Kier molecular flexibility index (Phi) is 5.64. The van der Waals surface area contributed by atoms with Gasteiger partial charge in [0.05, 0.1) is 12.8 Å². The van der Waals surface area contributed by atoms with Crippen LogP contribution in [0, 0.1) is 5.92 Å². The molecule has 0 bridgehead atoms. The summed E-state index contributed by atoms with van der Waals surface area (Å²) >= 11 is 0. The first-order chi connectivity index (χ1) is 9.35. The Balaban J connectivity index is 2.09. The molecule has 0 amide bonds. The maximum Gasteiger partial charge on any atom is 0.137 e. The summed E-state index contributed by atoms with van der Waals surface area (Å²) in [6.07, 6.45) is 9.16. The number of rotatable bonds is 6. The molecule has 0 saturated heterocycles. The molecule has 1 N–H and O–H groups in total. The first kappa shape index (κ1) is 14.3. The number of nitrogens with zero attached hydrogens (tertiary/aromatic N) is 1. The van der Waals surface area contributed by atoms with Crippen molar-refractivity contribution in [2.24, 2.45) is 5.92 Å². The molecule has 1 aliphatic rings. The highest BCUT2D eigenvalue weighted by molar-refractivity contribution is 5.27. The van der Waals surface area contributed by atoms with Crippen molar-refractivity contribution < 1.29 is 4.74 Å². The van der Waals surface area contributed by atoms with E-state index in [9.17, 15) is 0 Å². The third kappa shape index (κ3) is 3.93. The molecule has 3 heteroatoms. The summed E-state index contributed by atoms with van der Waals surface area (Å²) in [5.41, 5.74) is 1.36. The Morgan fingerprint density at radius 1 is 1.26 bits per heavy atom. The minimum Gasteiger partial charge on any atom is -0.492 e. The zero-order valence-corrected chi connectivity index (χ0v) is 12.2. The fourth-order valence-corrected chi connectivity index (χ4v) is 3.10. The summed E-state index contributed by atoms with van der Waals surface area (Å²) < 4.78 is 5.58. The third-order valence-electron chi connectivity index (χ3n) is 4.04. The minimum atomic E-state index is 0.640. The minimum absolute atomic E-state index is 0.640. The van der Waals surface area contributed by atoms with Crippen molar-refractivity contribution in [1.82, 2.24) is 10.3 Å². The standard InChI is InChI=1S/C16H26N2O/c1-3-17-10-13-7-5-6-8-16(13)14-9-15(19-4-2)12-18-11-14/h9,11-13,16-17H,3-8,10H2,1-2H3. The molecular formula is C16H26N2O. The van der Waals surface area contributed by atoms with Gasteiger partial charge in [-0.3, -0.25) is 4.98 Å². The Labute approximate surface area is 116 Å². The van der Waals surface area contributed by atoms with E-state index in [1.165, 1.54) is 31.2 Å². The summed E-state index contributed by atoms with van der Waals surface area (Å²) in [6, 6.07) is 2.19. The van der Waals surface area contributed by atoms with E-state index in [1.54, 1.807) is 0 Å². The van der Waals surface area contributed by atoms with Gasteiger partial charge in [-0.2, -0.15) is 0 Å². The maximum atomic E-state index is 5.58. The van der Waals surface area contributed by atoms with Gasteiger partial charge in [0.25, 0.3) is 0 Å². The summed E-state index contributed by atoms with van der Waals surface area (Å²) in [5, 5.41) is 3.51. The van der Waals surface area contributed by atoms with Crippen LogP contribution in [0.15, 0.2) is 18.5 Å². The van der Waals surface area contributed by atoms with Gasteiger partial charge in [-0.1, -0.05) is 19.8 Å².